The molecule has 0 aliphatic heterocycles. The third kappa shape index (κ3) is 1.95. The van der Waals surface area contributed by atoms with Crippen molar-refractivity contribution in [3.63, 3.8) is 0 Å². The number of aromatic nitrogens is 3. The third-order valence-corrected chi connectivity index (χ3v) is 2.91. The summed E-state index contributed by atoms with van der Waals surface area (Å²) in [5, 5.41) is 1.08. The Hall–Kier alpha value is -2.69. The number of nitrogens with two attached hydrogens (primary N) is 1. The van der Waals surface area contributed by atoms with E-state index >= 15 is 0 Å². The second-order valence-corrected chi connectivity index (χ2v) is 4.05. The van der Waals surface area contributed by atoms with E-state index in [-0.39, 0.29) is 0 Å². The lowest BCUT2D eigenvalue weighted by molar-refractivity contribution is 0.415. The van der Waals surface area contributed by atoms with E-state index in [1.165, 1.54) is 6.33 Å². The van der Waals surface area contributed by atoms with E-state index in [0.717, 1.165) is 16.5 Å². The minimum atomic E-state index is 0.327. The van der Waals surface area contributed by atoms with Gasteiger partial charge >= 0.3 is 0 Å². The third-order valence-electron chi connectivity index (χ3n) is 2.91. The lowest BCUT2D eigenvalue weighted by Crippen LogP contribution is -1.99. The Labute approximate surface area is 110 Å². The van der Waals surface area contributed by atoms with Gasteiger partial charge in [-0.15, -0.1) is 0 Å². The van der Waals surface area contributed by atoms with Crippen molar-refractivity contribution >= 4 is 16.7 Å². The minimum Gasteiger partial charge on any atom is -0.491 e. The molecular formula is C14H12N4O. The van der Waals surface area contributed by atoms with Crippen LogP contribution in [0.25, 0.3) is 22.2 Å². The molecule has 0 bridgehead atoms. The maximum absolute atomic E-state index is 5.79. The fraction of sp³-hybridized carbons (Fsp3) is 0.0714. The van der Waals surface area contributed by atoms with Gasteiger partial charge in [-0.2, -0.15) is 0 Å². The first-order chi connectivity index (χ1) is 9.29. The van der Waals surface area contributed by atoms with Crippen molar-refractivity contribution in [3.05, 3.63) is 42.9 Å². The molecule has 0 atom stereocenters. The van der Waals surface area contributed by atoms with Gasteiger partial charge in [0.25, 0.3) is 0 Å². The molecule has 2 heterocycles. The lowest BCUT2D eigenvalue weighted by Gasteiger charge is -2.09. The Balaban J connectivity index is 2.22. The maximum Gasteiger partial charge on any atom is 0.187 e. The van der Waals surface area contributed by atoms with Crippen molar-refractivity contribution in [1.82, 2.24) is 15.0 Å². The molecule has 2 N–H and O–H groups in total. The van der Waals surface area contributed by atoms with Gasteiger partial charge in [-0.05, 0) is 12.1 Å². The van der Waals surface area contributed by atoms with Gasteiger partial charge in [0, 0.05) is 17.1 Å². The normalized spacial score (nSPS) is 10.6. The molecular weight excluding hydrogens is 240 g/mol. The SMILES string of the molecule is COc1c(N)ncnc1-c1ccc2cccnc2c1. The van der Waals surface area contributed by atoms with Crippen LogP contribution in [0.15, 0.2) is 42.9 Å². The molecule has 0 aliphatic carbocycles. The van der Waals surface area contributed by atoms with Crippen LogP contribution in [0.5, 0.6) is 5.75 Å². The summed E-state index contributed by atoms with van der Waals surface area (Å²) in [5.74, 6) is 0.811. The molecule has 0 saturated heterocycles. The number of ether oxygens (including phenoxy) is 1. The van der Waals surface area contributed by atoms with E-state index in [4.69, 9.17) is 10.5 Å². The lowest BCUT2D eigenvalue weighted by atomic mass is 10.1. The van der Waals surface area contributed by atoms with E-state index in [1.807, 2.05) is 30.3 Å². The molecule has 3 aromatic rings. The minimum absolute atomic E-state index is 0.327. The van der Waals surface area contributed by atoms with E-state index in [0.29, 0.717) is 17.3 Å². The largest absolute Gasteiger partial charge is 0.491 e. The van der Waals surface area contributed by atoms with Crippen LogP contribution < -0.4 is 10.5 Å². The summed E-state index contributed by atoms with van der Waals surface area (Å²) in [7, 11) is 1.55. The molecule has 94 valence electrons. The van der Waals surface area contributed by atoms with Crippen molar-refractivity contribution < 1.29 is 4.74 Å². The Morgan fingerprint density at radius 2 is 2.00 bits per heavy atom. The number of hydrogen-bond donors (Lipinski definition) is 1. The van der Waals surface area contributed by atoms with E-state index in [1.54, 1.807) is 13.3 Å². The van der Waals surface area contributed by atoms with Gasteiger partial charge in [-0.3, -0.25) is 4.98 Å². The highest BCUT2D eigenvalue weighted by Gasteiger charge is 2.12. The highest BCUT2D eigenvalue weighted by molar-refractivity contribution is 5.85. The van der Waals surface area contributed by atoms with Crippen molar-refractivity contribution in [3.8, 4) is 17.0 Å². The molecule has 0 saturated carbocycles. The molecule has 0 fully saturated rings. The molecule has 0 unspecified atom stereocenters. The van der Waals surface area contributed by atoms with Crippen LogP contribution in [-0.4, -0.2) is 22.1 Å². The summed E-state index contributed by atoms with van der Waals surface area (Å²) in [5.41, 5.74) is 8.26. The number of anilines is 1. The van der Waals surface area contributed by atoms with Crippen molar-refractivity contribution in [2.45, 2.75) is 0 Å². The summed E-state index contributed by atoms with van der Waals surface area (Å²) >= 11 is 0. The maximum atomic E-state index is 5.79. The first-order valence-corrected chi connectivity index (χ1v) is 5.79. The van der Waals surface area contributed by atoms with E-state index < -0.39 is 0 Å². The van der Waals surface area contributed by atoms with Crippen LogP contribution in [0.1, 0.15) is 0 Å². The van der Waals surface area contributed by atoms with Crippen LogP contribution >= 0.6 is 0 Å². The van der Waals surface area contributed by atoms with Gasteiger partial charge in [0.15, 0.2) is 11.6 Å². The van der Waals surface area contributed by atoms with E-state index in [2.05, 4.69) is 15.0 Å². The van der Waals surface area contributed by atoms with Crippen molar-refractivity contribution in [1.29, 1.82) is 0 Å². The van der Waals surface area contributed by atoms with Crippen LogP contribution in [-0.2, 0) is 0 Å². The molecule has 0 spiro atoms. The summed E-state index contributed by atoms with van der Waals surface area (Å²) in [6.07, 6.45) is 3.19. The fourth-order valence-electron chi connectivity index (χ4n) is 2.01. The van der Waals surface area contributed by atoms with Gasteiger partial charge in [-0.25, -0.2) is 9.97 Å². The Morgan fingerprint density at radius 1 is 1.11 bits per heavy atom. The Bertz CT molecular complexity index is 742. The fourth-order valence-corrected chi connectivity index (χ4v) is 2.01. The Kier molecular flexibility index (Phi) is 2.72. The Morgan fingerprint density at radius 3 is 2.84 bits per heavy atom. The van der Waals surface area contributed by atoms with Crippen molar-refractivity contribution in [2.75, 3.05) is 12.8 Å². The molecule has 5 nitrogen and oxygen atoms in total. The van der Waals surface area contributed by atoms with Crippen molar-refractivity contribution in [2.24, 2.45) is 0 Å². The second-order valence-electron chi connectivity index (χ2n) is 4.05. The number of nitrogen functional groups attached to an aromatic ring is 1. The molecule has 0 radical (unpaired) electrons. The number of rotatable bonds is 2. The first-order valence-electron chi connectivity index (χ1n) is 5.79. The molecule has 19 heavy (non-hydrogen) atoms. The van der Waals surface area contributed by atoms with Crippen LogP contribution in [0, 0.1) is 0 Å². The second kappa shape index (κ2) is 4.53. The smallest absolute Gasteiger partial charge is 0.187 e. The van der Waals surface area contributed by atoms with Gasteiger partial charge in [-0.1, -0.05) is 18.2 Å². The standard InChI is InChI=1S/C14H12N4O/c1-19-13-12(17-8-18-14(13)15)10-5-4-9-3-2-6-16-11(9)7-10/h2-8H,1H3,(H2,15,17,18). The number of pyridine rings is 1. The molecule has 2 aromatic heterocycles. The predicted octanol–water partition coefficient (Wildman–Crippen LogP) is 2.28. The number of methoxy groups -OCH3 is 1. The average Bonchev–Trinajstić information content (AvgIpc) is 2.46. The molecule has 0 amide bonds. The number of fused-ring (bicyclic) bond motifs is 1. The number of benzene rings is 1. The van der Waals surface area contributed by atoms with Crippen LogP contribution in [0.4, 0.5) is 5.82 Å². The number of nitrogens with zero attached hydrogens (tertiary/aromatic N) is 3. The zero-order valence-electron chi connectivity index (χ0n) is 10.4. The van der Waals surface area contributed by atoms with Crippen LogP contribution in [0.2, 0.25) is 0 Å². The molecule has 0 aliphatic rings. The first kappa shape index (κ1) is 11.4. The summed E-state index contributed by atoms with van der Waals surface area (Å²) in [6.45, 7) is 0. The van der Waals surface area contributed by atoms with E-state index in [9.17, 15) is 0 Å². The summed E-state index contributed by atoms with van der Waals surface area (Å²) < 4.78 is 5.27. The van der Waals surface area contributed by atoms with Gasteiger partial charge < -0.3 is 10.5 Å². The highest BCUT2D eigenvalue weighted by Crippen LogP contribution is 2.32. The molecule has 3 rings (SSSR count). The monoisotopic (exact) mass is 252 g/mol. The zero-order valence-corrected chi connectivity index (χ0v) is 10.4. The summed E-state index contributed by atoms with van der Waals surface area (Å²) in [4.78, 5) is 12.5. The van der Waals surface area contributed by atoms with Gasteiger partial charge in [0.05, 0.1) is 12.6 Å². The van der Waals surface area contributed by atoms with Gasteiger partial charge in [0.2, 0.25) is 0 Å². The van der Waals surface area contributed by atoms with Crippen LogP contribution in [0.3, 0.4) is 0 Å². The zero-order chi connectivity index (χ0) is 13.2. The van der Waals surface area contributed by atoms with Gasteiger partial charge in [0.1, 0.15) is 12.0 Å². The molecule has 1 aromatic carbocycles. The molecule has 5 heteroatoms. The topological polar surface area (TPSA) is 73.9 Å². The number of hydrogen-bond acceptors (Lipinski definition) is 5. The average molecular weight is 252 g/mol. The predicted molar refractivity (Wildman–Crippen MR) is 73.7 cm³/mol. The quantitative estimate of drug-likeness (QED) is 0.757. The summed E-state index contributed by atoms with van der Waals surface area (Å²) in [6, 6.07) is 9.84. The highest BCUT2D eigenvalue weighted by atomic mass is 16.5.